The predicted octanol–water partition coefficient (Wildman–Crippen LogP) is 4.93. The topological polar surface area (TPSA) is 41.5 Å². The van der Waals surface area contributed by atoms with Gasteiger partial charge in [0.25, 0.3) is 0 Å². The molecule has 2 N–H and O–H groups in total. The summed E-state index contributed by atoms with van der Waals surface area (Å²) in [6, 6.07) is 13.8. The third-order valence-corrected chi connectivity index (χ3v) is 4.36. The third-order valence-electron chi connectivity index (χ3n) is 3.63. The lowest BCUT2D eigenvalue weighted by Gasteiger charge is -2.13. The Bertz CT molecular complexity index is 637. The molecule has 2 rings (SSSR count). The van der Waals surface area contributed by atoms with Gasteiger partial charge in [-0.25, -0.2) is 0 Å². The molecule has 0 bridgehead atoms. The monoisotopic (exact) mass is 411 g/mol. The van der Waals surface area contributed by atoms with Gasteiger partial charge in [-0.3, -0.25) is 0 Å². The van der Waals surface area contributed by atoms with E-state index in [0.717, 1.165) is 58.7 Å². The van der Waals surface area contributed by atoms with E-state index in [1.54, 1.807) is 0 Å². The Morgan fingerprint density at radius 2 is 1.96 bits per heavy atom. The quantitative estimate of drug-likeness (QED) is 0.543. The molecule has 0 unspecified atom stereocenters. The number of halogens is 2. The summed E-state index contributed by atoms with van der Waals surface area (Å²) in [5.41, 5.74) is 2.17. The van der Waals surface area contributed by atoms with Gasteiger partial charge in [-0.05, 0) is 61.7 Å². The first-order valence-electron chi connectivity index (χ1n) is 8.16. The second-order valence-electron chi connectivity index (χ2n) is 5.63. The Kier molecular flexibility index (Phi) is 8.60. The smallest absolute Gasteiger partial charge is 0.124 e. The number of aliphatic hydroxyl groups is 1. The molecule has 0 aromatic heterocycles. The van der Waals surface area contributed by atoms with Crippen LogP contribution in [-0.2, 0) is 13.2 Å². The van der Waals surface area contributed by atoms with Crippen LogP contribution in [-0.4, -0.2) is 18.3 Å². The van der Waals surface area contributed by atoms with E-state index in [-0.39, 0.29) is 6.61 Å². The maximum atomic E-state index is 8.79. The van der Waals surface area contributed by atoms with Gasteiger partial charge in [0.2, 0.25) is 0 Å². The molecule has 5 heteroatoms. The lowest BCUT2D eigenvalue weighted by Crippen LogP contribution is -2.15. The second-order valence-corrected chi connectivity index (χ2v) is 6.98. The summed E-state index contributed by atoms with van der Waals surface area (Å²) in [6.45, 7) is 2.45. The number of aliphatic hydroxyl groups excluding tert-OH is 1. The van der Waals surface area contributed by atoms with E-state index >= 15 is 0 Å². The van der Waals surface area contributed by atoms with Crippen LogP contribution in [0.4, 0.5) is 0 Å². The summed E-state index contributed by atoms with van der Waals surface area (Å²) >= 11 is 9.53. The Morgan fingerprint density at radius 3 is 2.75 bits per heavy atom. The molecular formula is C19H23BrClNO2. The molecule has 0 amide bonds. The summed E-state index contributed by atoms with van der Waals surface area (Å²) < 4.78 is 7.01. The van der Waals surface area contributed by atoms with Gasteiger partial charge in [-0.2, -0.15) is 0 Å². The zero-order chi connectivity index (χ0) is 17.2. The molecule has 0 saturated carbocycles. The zero-order valence-corrected chi connectivity index (χ0v) is 15.9. The van der Waals surface area contributed by atoms with Gasteiger partial charge in [0, 0.05) is 28.2 Å². The van der Waals surface area contributed by atoms with E-state index in [9.17, 15) is 0 Å². The molecule has 0 aliphatic heterocycles. The molecule has 0 heterocycles. The second kappa shape index (κ2) is 10.7. The van der Waals surface area contributed by atoms with Gasteiger partial charge < -0.3 is 15.2 Å². The number of nitrogens with one attached hydrogen (secondary N) is 1. The fraction of sp³-hybridized carbons (Fsp3) is 0.368. The van der Waals surface area contributed by atoms with Crippen LogP contribution in [0.25, 0.3) is 0 Å². The first kappa shape index (κ1) is 19.3. The zero-order valence-electron chi connectivity index (χ0n) is 13.6. The Labute approximate surface area is 157 Å². The minimum atomic E-state index is 0.271. The van der Waals surface area contributed by atoms with Crippen LogP contribution in [0.5, 0.6) is 5.75 Å². The van der Waals surface area contributed by atoms with E-state index in [2.05, 4.69) is 27.3 Å². The summed E-state index contributed by atoms with van der Waals surface area (Å²) in [4.78, 5) is 0. The van der Waals surface area contributed by atoms with Crippen molar-refractivity contribution < 1.29 is 9.84 Å². The Morgan fingerprint density at radius 1 is 1.08 bits per heavy atom. The number of benzene rings is 2. The van der Waals surface area contributed by atoms with E-state index in [0.29, 0.717) is 6.61 Å². The fourth-order valence-electron chi connectivity index (χ4n) is 2.38. The van der Waals surface area contributed by atoms with Gasteiger partial charge in [0.1, 0.15) is 12.4 Å². The molecular weight excluding hydrogens is 390 g/mol. The largest absolute Gasteiger partial charge is 0.489 e. The van der Waals surface area contributed by atoms with Crippen molar-refractivity contribution in [1.82, 2.24) is 5.32 Å². The summed E-state index contributed by atoms with van der Waals surface area (Å²) in [6.07, 6.45) is 2.97. The van der Waals surface area contributed by atoms with Crippen LogP contribution >= 0.6 is 27.5 Å². The molecule has 0 radical (unpaired) electrons. The summed E-state index contributed by atoms with van der Waals surface area (Å²) in [5, 5.41) is 12.9. The third kappa shape index (κ3) is 6.81. The number of hydrogen-bond acceptors (Lipinski definition) is 3. The molecule has 2 aromatic rings. The van der Waals surface area contributed by atoms with E-state index in [1.807, 2.05) is 36.4 Å². The number of unbranched alkanes of at least 4 members (excludes halogenated alkanes) is 2. The SMILES string of the molecule is OCCCCCNCc1cc(Br)ccc1OCc1cccc(Cl)c1. The molecule has 0 fully saturated rings. The van der Waals surface area contributed by atoms with Crippen LogP contribution in [0.15, 0.2) is 46.9 Å². The highest BCUT2D eigenvalue weighted by Gasteiger charge is 2.05. The highest BCUT2D eigenvalue weighted by atomic mass is 79.9. The first-order valence-corrected chi connectivity index (χ1v) is 9.33. The minimum absolute atomic E-state index is 0.271. The molecule has 0 aliphatic rings. The summed E-state index contributed by atoms with van der Waals surface area (Å²) in [5.74, 6) is 0.876. The van der Waals surface area contributed by atoms with E-state index in [4.69, 9.17) is 21.4 Å². The molecule has 3 nitrogen and oxygen atoms in total. The van der Waals surface area contributed by atoms with Crippen molar-refractivity contribution >= 4 is 27.5 Å². The van der Waals surface area contributed by atoms with Crippen LogP contribution in [0.2, 0.25) is 5.02 Å². The Balaban J connectivity index is 1.89. The highest BCUT2D eigenvalue weighted by Crippen LogP contribution is 2.24. The van der Waals surface area contributed by atoms with Crippen molar-refractivity contribution in [2.75, 3.05) is 13.2 Å². The van der Waals surface area contributed by atoms with Gasteiger partial charge in [-0.1, -0.05) is 39.7 Å². The van der Waals surface area contributed by atoms with Crippen molar-refractivity contribution in [3.8, 4) is 5.75 Å². The molecule has 130 valence electrons. The van der Waals surface area contributed by atoms with Crippen LogP contribution < -0.4 is 10.1 Å². The maximum Gasteiger partial charge on any atom is 0.124 e. The van der Waals surface area contributed by atoms with E-state index in [1.165, 1.54) is 0 Å². The lowest BCUT2D eigenvalue weighted by atomic mass is 10.2. The van der Waals surface area contributed by atoms with Crippen molar-refractivity contribution in [3.63, 3.8) is 0 Å². The number of hydrogen-bond donors (Lipinski definition) is 2. The minimum Gasteiger partial charge on any atom is -0.489 e. The molecule has 24 heavy (non-hydrogen) atoms. The Hall–Kier alpha value is -1.07. The number of ether oxygens (including phenoxy) is 1. The van der Waals surface area contributed by atoms with Crippen molar-refractivity contribution in [3.05, 3.63) is 63.1 Å². The van der Waals surface area contributed by atoms with Gasteiger partial charge in [0.05, 0.1) is 0 Å². The van der Waals surface area contributed by atoms with Crippen molar-refractivity contribution in [1.29, 1.82) is 0 Å². The average Bonchev–Trinajstić information content (AvgIpc) is 2.57. The molecule has 0 atom stereocenters. The average molecular weight is 413 g/mol. The molecule has 0 saturated heterocycles. The fourth-order valence-corrected chi connectivity index (χ4v) is 3.00. The molecule has 2 aromatic carbocycles. The highest BCUT2D eigenvalue weighted by molar-refractivity contribution is 9.10. The normalized spacial score (nSPS) is 10.8. The predicted molar refractivity (Wildman–Crippen MR) is 103 cm³/mol. The first-order chi connectivity index (χ1) is 11.7. The lowest BCUT2D eigenvalue weighted by molar-refractivity contribution is 0.282. The molecule has 0 aliphatic carbocycles. The van der Waals surface area contributed by atoms with Gasteiger partial charge >= 0.3 is 0 Å². The van der Waals surface area contributed by atoms with Crippen molar-refractivity contribution in [2.45, 2.75) is 32.4 Å². The van der Waals surface area contributed by atoms with Crippen LogP contribution in [0.3, 0.4) is 0 Å². The van der Waals surface area contributed by atoms with Crippen LogP contribution in [0.1, 0.15) is 30.4 Å². The van der Waals surface area contributed by atoms with Gasteiger partial charge in [0.15, 0.2) is 0 Å². The maximum absolute atomic E-state index is 8.79. The number of rotatable bonds is 10. The van der Waals surface area contributed by atoms with Crippen LogP contribution in [0, 0.1) is 0 Å². The van der Waals surface area contributed by atoms with Crippen molar-refractivity contribution in [2.24, 2.45) is 0 Å². The standard InChI is InChI=1S/C19H23BrClNO2/c20-17-7-8-19(24-14-15-5-4-6-18(21)11-15)16(12-17)13-22-9-2-1-3-10-23/h4-8,11-12,22-23H,1-3,9-10,13-14H2. The summed E-state index contributed by atoms with van der Waals surface area (Å²) in [7, 11) is 0. The van der Waals surface area contributed by atoms with Gasteiger partial charge in [-0.15, -0.1) is 0 Å². The van der Waals surface area contributed by atoms with E-state index < -0.39 is 0 Å². The molecule has 0 spiro atoms.